The zero-order chi connectivity index (χ0) is 10.5. The van der Waals surface area contributed by atoms with E-state index in [4.69, 9.17) is 4.74 Å². The third-order valence-electron chi connectivity index (χ3n) is 3.05. The molecule has 1 N–H and O–H groups in total. The predicted octanol–water partition coefficient (Wildman–Crippen LogP) is 3.44. The Morgan fingerprint density at radius 1 is 1.20 bits per heavy atom. The van der Waals surface area contributed by atoms with Gasteiger partial charge in [0.2, 0.25) is 0 Å². The molecule has 1 saturated carbocycles. The average molecular weight is 205 g/mol. The number of methoxy groups -OCH3 is 1. The average Bonchev–Trinajstić information content (AvgIpc) is 2.31. The minimum absolute atomic E-state index is 0.658. The number of hydrogen-bond acceptors (Lipinski definition) is 2. The topological polar surface area (TPSA) is 21.3 Å². The summed E-state index contributed by atoms with van der Waals surface area (Å²) in [5, 5.41) is 3.58. The first-order valence-electron chi connectivity index (χ1n) is 5.79. The van der Waals surface area contributed by atoms with E-state index < -0.39 is 0 Å². The molecular formula is C13H19NO. The predicted molar refractivity (Wildman–Crippen MR) is 63.5 cm³/mol. The van der Waals surface area contributed by atoms with Gasteiger partial charge in [0, 0.05) is 17.8 Å². The molecule has 1 aliphatic carbocycles. The molecule has 82 valence electrons. The van der Waals surface area contributed by atoms with Gasteiger partial charge in [-0.05, 0) is 25.0 Å². The second kappa shape index (κ2) is 5.06. The summed E-state index contributed by atoms with van der Waals surface area (Å²) in [6.07, 6.45) is 6.73. The van der Waals surface area contributed by atoms with Crippen molar-refractivity contribution in [1.82, 2.24) is 0 Å². The van der Waals surface area contributed by atoms with Gasteiger partial charge < -0.3 is 10.1 Å². The standard InChI is InChI=1S/C13H19NO/c1-15-13-9-5-8-12(10-13)14-11-6-3-2-4-7-11/h5,8-11,14H,2-4,6-7H2,1H3. The lowest BCUT2D eigenvalue weighted by Crippen LogP contribution is -2.22. The summed E-state index contributed by atoms with van der Waals surface area (Å²) in [7, 11) is 1.71. The minimum Gasteiger partial charge on any atom is -0.497 e. The Morgan fingerprint density at radius 3 is 2.73 bits per heavy atom. The van der Waals surface area contributed by atoms with Crippen LogP contribution in [0.1, 0.15) is 32.1 Å². The van der Waals surface area contributed by atoms with E-state index >= 15 is 0 Å². The Hall–Kier alpha value is -1.18. The molecule has 2 heteroatoms. The van der Waals surface area contributed by atoms with Crippen molar-refractivity contribution in [3.05, 3.63) is 24.3 Å². The van der Waals surface area contributed by atoms with Crippen molar-refractivity contribution in [2.45, 2.75) is 38.1 Å². The van der Waals surface area contributed by atoms with Crippen LogP contribution in [0.25, 0.3) is 0 Å². The minimum atomic E-state index is 0.658. The fourth-order valence-electron chi connectivity index (χ4n) is 2.20. The number of hydrogen-bond donors (Lipinski definition) is 1. The van der Waals surface area contributed by atoms with Crippen molar-refractivity contribution in [2.75, 3.05) is 12.4 Å². The Labute approximate surface area is 91.6 Å². The molecule has 1 aromatic carbocycles. The first-order chi connectivity index (χ1) is 7.38. The monoisotopic (exact) mass is 205 g/mol. The van der Waals surface area contributed by atoms with Crippen LogP contribution < -0.4 is 10.1 Å². The Morgan fingerprint density at radius 2 is 2.00 bits per heavy atom. The summed E-state index contributed by atoms with van der Waals surface area (Å²) >= 11 is 0. The van der Waals surface area contributed by atoms with Crippen molar-refractivity contribution >= 4 is 5.69 Å². The van der Waals surface area contributed by atoms with E-state index in [0.29, 0.717) is 6.04 Å². The van der Waals surface area contributed by atoms with Gasteiger partial charge in [-0.2, -0.15) is 0 Å². The molecule has 0 aromatic heterocycles. The molecule has 0 aliphatic heterocycles. The maximum Gasteiger partial charge on any atom is 0.120 e. The van der Waals surface area contributed by atoms with Gasteiger partial charge in [-0.3, -0.25) is 0 Å². The van der Waals surface area contributed by atoms with Crippen LogP contribution in [-0.2, 0) is 0 Å². The normalized spacial score (nSPS) is 17.4. The third kappa shape index (κ3) is 2.88. The molecule has 0 spiro atoms. The van der Waals surface area contributed by atoms with Crippen LogP contribution in [0.4, 0.5) is 5.69 Å². The lowest BCUT2D eigenvalue weighted by atomic mass is 9.95. The van der Waals surface area contributed by atoms with Gasteiger partial charge in [0.1, 0.15) is 5.75 Å². The number of nitrogens with one attached hydrogen (secondary N) is 1. The number of benzene rings is 1. The lowest BCUT2D eigenvalue weighted by molar-refractivity contribution is 0.414. The smallest absolute Gasteiger partial charge is 0.120 e. The maximum absolute atomic E-state index is 5.20. The third-order valence-corrected chi connectivity index (χ3v) is 3.05. The van der Waals surface area contributed by atoms with Gasteiger partial charge >= 0.3 is 0 Å². The molecule has 1 aliphatic rings. The summed E-state index contributed by atoms with van der Waals surface area (Å²) < 4.78 is 5.20. The van der Waals surface area contributed by atoms with Crippen molar-refractivity contribution in [2.24, 2.45) is 0 Å². The summed E-state index contributed by atoms with van der Waals surface area (Å²) in [6.45, 7) is 0. The largest absolute Gasteiger partial charge is 0.497 e. The molecule has 2 rings (SSSR count). The number of rotatable bonds is 3. The molecule has 1 fully saturated rings. The molecule has 0 heterocycles. The zero-order valence-electron chi connectivity index (χ0n) is 9.33. The van der Waals surface area contributed by atoms with Gasteiger partial charge in [0.15, 0.2) is 0 Å². The van der Waals surface area contributed by atoms with E-state index in [9.17, 15) is 0 Å². The second-order valence-electron chi connectivity index (χ2n) is 4.21. The summed E-state index contributed by atoms with van der Waals surface area (Å²) in [5.74, 6) is 0.927. The van der Waals surface area contributed by atoms with Crippen LogP contribution in [0, 0.1) is 0 Å². The molecule has 15 heavy (non-hydrogen) atoms. The highest BCUT2D eigenvalue weighted by Crippen LogP contribution is 2.23. The molecular weight excluding hydrogens is 186 g/mol. The zero-order valence-corrected chi connectivity index (χ0v) is 9.33. The lowest BCUT2D eigenvalue weighted by Gasteiger charge is -2.23. The highest BCUT2D eigenvalue weighted by atomic mass is 16.5. The summed E-state index contributed by atoms with van der Waals surface area (Å²) in [4.78, 5) is 0. The van der Waals surface area contributed by atoms with Crippen LogP contribution in [0.15, 0.2) is 24.3 Å². The first kappa shape index (κ1) is 10.3. The van der Waals surface area contributed by atoms with E-state index in [2.05, 4.69) is 17.4 Å². The Balaban J connectivity index is 1.96. The molecule has 0 radical (unpaired) electrons. The van der Waals surface area contributed by atoms with Crippen molar-refractivity contribution < 1.29 is 4.74 Å². The Bertz CT molecular complexity index is 305. The molecule has 1 aromatic rings. The van der Waals surface area contributed by atoms with Crippen LogP contribution in [0.2, 0.25) is 0 Å². The van der Waals surface area contributed by atoms with Crippen molar-refractivity contribution in [1.29, 1.82) is 0 Å². The van der Waals surface area contributed by atoms with Crippen LogP contribution in [0.3, 0.4) is 0 Å². The summed E-state index contributed by atoms with van der Waals surface area (Å²) in [6, 6.07) is 8.84. The highest BCUT2D eigenvalue weighted by Gasteiger charge is 2.12. The van der Waals surface area contributed by atoms with E-state index in [0.717, 1.165) is 5.75 Å². The molecule has 0 saturated heterocycles. The quantitative estimate of drug-likeness (QED) is 0.816. The molecule has 0 atom stereocenters. The Kier molecular flexibility index (Phi) is 3.49. The first-order valence-corrected chi connectivity index (χ1v) is 5.79. The van der Waals surface area contributed by atoms with Crippen molar-refractivity contribution in [3.8, 4) is 5.75 Å². The van der Waals surface area contributed by atoms with Gasteiger partial charge in [-0.15, -0.1) is 0 Å². The SMILES string of the molecule is COc1cccc(NC2CCCCC2)c1. The van der Waals surface area contributed by atoms with Crippen LogP contribution in [-0.4, -0.2) is 13.2 Å². The maximum atomic E-state index is 5.20. The fraction of sp³-hybridized carbons (Fsp3) is 0.538. The van der Waals surface area contributed by atoms with Gasteiger partial charge in [-0.25, -0.2) is 0 Å². The van der Waals surface area contributed by atoms with Crippen LogP contribution >= 0.6 is 0 Å². The van der Waals surface area contributed by atoms with Gasteiger partial charge in [-0.1, -0.05) is 25.3 Å². The number of ether oxygens (including phenoxy) is 1. The molecule has 0 bridgehead atoms. The van der Waals surface area contributed by atoms with Crippen LogP contribution in [0.5, 0.6) is 5.75 Å². The van der Waals surface area contributed by atoms with Crippen molar-refractivity contribution in [3.63, 3.8) is 0 Å². The van der Waals surface area contributed by atoms with Gasteiger partial charge in [0.25, 0.3) is 0 Å². The molecule has 0 amide bonds. The fourth-order valence-corrected chi connectivity index (χ4v) is 2.20. The van der Waals surface area contributed by atoms with E-state index in [1.807, 2.05) is 12.1 Å². The van der Waals surface area contributed by atoms with Gasteiger partial charge in [0.05, 0.1) is 7.11 Å². The second-order valence-corrected chi connectivity index (χ2v) is 4.21. The summed E-state index contributed by atoms with van der Waals surface area (Å²) in [5.41, 5.74) is 1.18. The molecule has 0 unspecified atom stereocenters. The number of anilines is 1. The van der Waals surface area contributed by atoms with E-state index in [1.54, 1.807) is 7.11 Å². The molecule has 2 nitrogen and oxygen atoms in total. The van der Waals surface area contributed by atoms with E-state index in [-0.39, 0.29) is 0 Å². The van der Waals surface area contributed by atoms with E-state index in [1.165, 1.54) is 37.8 Å². The highest BCUT2D eigenvalue weighted by molar-refractivity contribution is 5.48.